The van der Waals surface area contributed by atoms with Gasteiger partial charge in [0.15, 0.2) is 0 Å². The van der Waals surface area contributed by atoms with Crippen molar-refractivity contribution in [2.24, 2.45) is 11.7 Å². The van der Waals surface area contributed by atoms with Gasteiger partial charge in [-0.2, -0.15) is 0 Å². The van der Waals surface area contributed by atoms with Gasteiger partial charge in [0.2, 0.25) is 0 Å². The largest absolute Gasteiger partial charge is 0.345 e. The van der Waals surface area contributed by atoms with Crippen LogP contribution in [-0.4, -0.2) is 18.0 Å². The van der Waals surface area contributed by atoms with Gasteiger partial charge in [-0.25, -0.2) is 0 Å². The first kappa shape index (κ1) is 15.0. The molecule has 1 aliphatic rings. The molecule has 1 amide bonds. The molecule has 2 rings (SSSR count). The molecular weight excluding hydrogens is 248 g/mol. The molecule has 1 saturated carbocycles. The zero-order valence-corrected chi connectivity index (χ0v) is 12.8. The Morgan fingerprint density at radius 2 is 2.20 bits per heavy atom. The van der Waals surface area contributed by atoms with Crippen LogP contribution in [0, 0.1) is 19.8 Å². The van der Waals surface area contributed by atoms with Gasteiger partial charge >= 0.3 is 0 Å². The first-order valence-electron chi connectivity index (χ1n) is 7.55. The molecule has 0 bridgehead atoms. The molecule has 0 heterocycles. The predicted molar refractivity (Wildman–Crippen MR) is 82.8 cm³/mol. The van der Waals surface area contributed by atoms with Gasteiger partial charge in [0.1, 0.15) is 0 Å². The van der Waals surface area contributed by atoms with Gasteiger partial charge in [-0.15, -0.1) is 0 Å². The average Bonchev–Trinajstić information content (AvgIpc) is 2.41. The fraction of sp³-hybridized carbons (Fsp3) is 0.588. The highest BCUT2D eigenvalue weighted by Gasteiger charge is 2.35. The zero-order chi connectivity index (χ0) is 14.8. The van der Waals surface area contributed by atoms with Crippen LogP contribution in [0.4, 0.5) is 0 Å². The van der Waals surface area contributed by atoms with Crippen molar-refractivity contribution in [3.63, 3.8) is 0 Å². The van der Waals surface area contributed by atoms with Gasteiger partial charge in [0.25, 0.3) is 5.91 Å². The van der Waals surface area contributed by atoms with E-state index in [0.717, 1.165) is 36.0 Å². The summed E-state index contributed by atoms with van der Waals surface area (Å²) in [6.07, 6.45) is 4.36. The van der Waals surface area contributed by atoms with Crippen LogP contribution in [-0.2, 0) is 0 Å². The van der Waals surface area contributed by atoms with Gasteiger partial charge in [-0.1, -0.05) is 37.5 Å². The summed E-state index contributed by atoms with van der Waals surface area (Å²) in [7, 11) is 0. The lowest BCUT2D eigenvalue weighted by Crippen LogP contribution is -2.56. The molecule has 20 heavy (non-hydrogen) atoms. The second-order valence-corrected chi connectivity index (χ2v) is 6.46. The predicted octanol–water partition coefficient (Wildman–Crippen LogP) is 2.94. The number of rotatable bonds is 3. The number of carbonyl (C=O) groups excluding carboxylic acids is 1. The lowest BCUT2D eigenvalue weighted by Gasteiger charge is -2.40. The molecule has 0 aliphatic heterocycles. The Morgan fingerprint density at radius 1 is 1.45 bits per heavy atom. The summed E-state index contributed by atoms with van der Waals surface area (Å²) in [5, 5.41) is 3.23. The minimum atomic E-state index is -0.217. The van der Waals surface area contributed by atoms with Gasteiger partial charge < -0.3 is 11.1 Å². The summed E-state index contributed by atoms with van der Waals surface area (Å²) in [5.41, 5.74) is 8.67. The van der Waals surface area contributed by atoms with Crippen molar-refractivity contribution in [3.05, 3.63) is 34.9 Å². The maximum atomic E-state index is 12.6. The highest BCUT2D eigenvalue weighted by atomic mass is 16.1. The smallest absolute Gasteiger partial charge is 0.252 e. The fourth-order valence-electron chi connectivity index (χ4n) is 3.30. The van der Waals surface area contributed by atoms with Crippen molar-refractivity contribution in [2.45, 2.75) is 52.0 Å². The number of nitrogens with one attached hydrogen (secondary N) is 1. The standard InChI is InChI=1S/C17H26N2O/c1-12-6-7-14(3)15(9-12)16(20)19-17(11-18)8-4-5-13(2)10-17/h6-7,9,13H,4-5,8,10-11,18H2,1-3H3,(H,19,20). The molecule has 3 nitrogen and oxygen atoms in total. The molecule has 0 saturated heterocycles. The van der Waals surface area contributed by atoms with E-state index in [2.05, 4.69) is 12.2 Å². The summed E-state index contributed by atoms with van der Waals surface area (Å²) in [6.45, 7) is 6.76. The Balaban J connectivity index is 2.19. The number of amides is 1. The van der Waals surface area contributed by atoms with E-state index < -0.39 is 0 Å². The summed E-state index contributed by atoms with van der Waals surface area (Å²) in [6, 6.07) is 6.00. The zero-order valence-electron chi connectivity index (χ0n) is 12.8. The summed E-state index contributed by atoms with van der Waals surface area (Å²) < 4.78 is 0. The van der Waals surface area contributed by atoms with E-state index in [1.165, 1.54) is 6.42 Å². The number of benzene rings is 1. The lowest BCUT2D eigenvalue weighted by molar-refractivity contribution is 0.0853. The Labute approximate surface area is 121 Å². The van der Waals surface area contributed by atoms with E-state index in [-0.39, 0.29) is 11.4 Å². The Morgan fingerprint density at radius 3 is 2.85 bits per heavy atom. The number of nitrogens with two attached hydrogens (primary N) is 1. The molecule has 2 unspecified atom stereocenters. The second kappa shape index (κ2) is 5.96. The van der Waals surface area contributed by atoms with E-state index in [1.807, 2.05) is 32.0 Å². The maximum Gasteiger partial charge on any atom is 0.252 e. The molecule has 3 heteroatoms. The molecule has 110 valence electrons. The first-order valence-corrected chi connectivity index (χ1v) is 7.55. The molecular formula is C17H26N2O. The summed E-state index contributed by atoms with van der Waals surface area (Å²) in [4.78, 5) is 12.6. The van der Waals surface area contributed by atoms with E-state index in [9.17, 15) is 4.79 Å². The van der Waals surface area contributed by atoms with Crippen molar-refractivity contribution < 1.29 is 4.79 Å². The van der Waals surface area contributed by atoms with Crippen molar-refractivity contribution in [1.82, 2.24) is 5.32 Å². The fourth-order valence-corrected chi connectivity index (χ4v) is 3.30. The Bertz CT molecular complexity index is 498. The van der Waals surface area contributed by atoms with Crippen LogP contribution >= 0.6 is 0 Å². The molecule has 1 fully saturated rings. The molecule has 0 aromatic heterocycles. The van der Waals surface area contributed by atoms with Crippen LogP contribution < -0.4 is 11.1 Å². The molecule has 1 aromatic rings. The molecule has 1 aliphatic carbocycles. The van der Waals surface area contributed by atoms with E-state index in [4.69, 9.17) is 5.73 Å². The topological polar surface area (TPSA) is 55.1 Å². The van der Waals surface area contributed by atoms with Gasteiger partial charge in [-0.05, 0) is 44.2 Å². The van der Waals surface area contributed by atoms with E-state index in [1.54, 1.807) is 0 Å². The highest BCUT2D eigenvalue weighted by Crippen LogP contribution is 2.32. The van der Waals surface area contributed by atoms with Crippen LogP contribution in [0.25, 0.3) is 0 Å². The summed E-state index contributed by atoms with van der Waals surface area (Å²) >= 11 is 0. The number of carbonyl (C=O) groups is 1. The summed E-state index contributed by atoms with van der Waals surface area (Å²) in [5.74, 6) is 0.650. The van der Waals surface area contributed by atoms with Crippen molar-refractivity contribution >= 4 is 5.91 Å². The van der Waals surface area contributed by atoms with Gasteiger partial charge in [0.05, 0.1) is 5.54 Å². The van der Waals surface area contributed by atoms with Crippen LogP contribution in [0.15, 0.2) is 18.2 Å². The lowest BCUT2D eigenvalue weighted by atomic mass is 9.76. The number of hydrogen-bond acceptors (Lipinski definition) is 2. The number of aryl methyl sites for hydroxylation is 2. The van der Waals surface area contributed by atoms with Crippen LogP contribution in [0.1, 0.15) is 54.1 Å². The third kappa shape index (κ3) is 3.21. The van der Waals surface area contributed by atoms with Gasteiger partial charge in [-0.3, -0.25) is 4.79 Å². The van der Waals surface area contributed by atoms with Crippen molar-refractivity contribution in [2.75, 3.05) is 6.54 Å². The van der Waals surface area contributed by atoms with Crippen LogP contribution in [0.5, 0.6) is 0 Å². The van der Waals surface area contributed by atoms with E-state index >= 15 is 0 Å². The average molecular weight is 274 g/mol. The third-order valence-corrected chi connectivity index (χ3v) is 4.50. The minimum absolute atomic E-state index is 0.0192. The molecule has 0 spiro atoms. The SMILES string of the molecule is Cc1ccc(C)c(C(=O)NC2(CN)CCCC(C)C2)c1. The van der Waals surface area contributed by atoms with Crippen LogP contribution in [0.2, 0.25) is 0 Å². The van der Waals surface area contributed by atoms with Crippen molar-refractivity contribution in [1.29, 1.82) is 0 Å². The van der Waals surface area contributed by atoms with Crippen molar-refractivity contribution in [3.8, 4) is 0 Å². The van der Waals surface area contributed by atoms with Gasteiger partial charge in [0, 0.05) is 12.1 Å². The molecule has 1 aromatic carbocycles. The van der Waals surface area contributed by atoms with E-state index in [0.29, 0.717) is 12.5 Å². The molecule has 3 N–H and O–H groups in total. The van der Waals surface area contributed by atoms with Crippen LogP contribution in [0.3, 0.4) is 0 Å². The molecule has 0 radical (unpaired) electrons. The quantitative estimate of drug-likeness (QED) is 0.890. The number of hydrogen-bond donors (Lipinski definition) is 2. The normalized spacial score (nSPS) is 26.3. The monoisotopic (exact) mass is 274 g/mol. The Hall–Kier alpha value is -1.35. The third-order valence-electron chi connectivity index (χ3n) is 4.50. The minimum Gasteiger partial charge on any atom is -0.345 e. The molecule has 2 atom stereocenters. The first-order chi connectivity index (χ1) is 9.46. The highest BCUT2D eigenvalue weighted by molar-refractivity contribution is 5.96. The second-order valence-electron chi connectivity index (χ2n) is 6.46. The Kier molecular flexibility index (Phi) is 4.48. The maximum absolute atomic E-state index is 12.6.